The minimum atomic E-state index is 0.211. The first kappa shape index (κ1) is 16.8. The van der Waals surface area contributed by atoms with Crippen molar-refractivity contribution in [2.24, 2.45) is 0 Å². The molecule has 0 radical (unpaired) electrons. The zero-order chi connectivity index (χ0) is 18.3. The fourth-order valence-electron chi connectivity index (χ4n) is 2.65. The number of aromatic nitrogens is 6. The van der Waals surface area contributed by atoms with Crippen molar-refractivity contribution in [1.82, 2.24) is 30.2 Å². The predicted molar refractivity (Wildman–Crippen MR) is 104 cm³/mol. The van der Waals surface area contributed by atoms with Crippen LogP contribution in [0.5, 0.6) is 0 Å². The molecule has 0 bridgehead atoms. The Balaban J connectivity index is 1.72. The van der Waals surface area contributed by atoms with E-state index in [1.165, 1.54) is 19.8 Å². The SMILES string of the molecule is CC(C)c1nnn(-c2nccc(-c3ccc4sc(C(C)C)cc4c3)n2)n1. The largest absolute Gasteiger partial charge is 0.271 e. The molecule has 0 spiro atoms. The summed E-state index contributed by atoms with van der Waals surface area (Å²) in [6.45, 7) is 8.50. The lowest BCUT2D eigenvalue weighted by Crippen LogP contribution is -2.05. The average Bonchev–Trinajstić information content (AvgIpc) is 3.28. The van der Waals surface area contributed by atoms with Gasteiger partial charge >= 0.3 is 0 Å². The molecule has 1 aromatic carbocycles. The number of hydrogen-bond donors (Lipinski definition) is 0. The summed E-state index contributed by atoms with van der Waals surface area (Å²) >= 11 is 1.85. The number of tetrazole rings is 1. The molecular formula is C19H20N6S. The lowest BCUT2D eigenvalue weighted by molar-refractivity contribution is 0.673. The summed E-state index contributed by atoms with van der Waals surface area (Å²) < 4.78 is 1.30. The second-order valence-electron chi connectivity index (χ2n) is 6.89. The Bertz CT molecular complexity index is 1060. The van der Waals surface area contributed by atoms with Crippen molar-refractivity contribution in [2.75, 3.05) is 0 Å². The van der Waals surface area contributed by atoms with Crippen LogP contribution in [0.2, 0.25) is 0 Å². The highest BCUT2D eigenvalue weighted by atomic mass is 32.1. The number of hydrogen-bond acceptors (Lipinski definition) is 6. The lowest BCUT2D eigenvalue weighted by Gasteiger charge is -2.03. The minimum Gasteiger partial charge on any atom is -0.218 e. The van der Waals surface area contributed by atoms with E-state index in [1.54, 1.807) is 6.20 Å². The van der Waals surface area contributed by atoms with E-state index < -0.39 is 0 Å². The van der Waals surface area contributed by atoms with Gasteiger partial charge in [0, 0.05) is 27.3 Å². The van der Waals surface area contributed by atoms with Crippen molar-refractivity contribution in [3.63, 3.8) is 0 Å². The molecule has 6 nitrogen and oxygen atoms in total. The Morgan fingerprint density at radius 2 is 1.85 bits per heavy atom. The monoisotopic (exact) mass is 364 g/mol. The maximum absolute atomic E-state index is 4.62. The van der Waals surface area contributed by atoms with E-state index in [1.807, 2.05) is 31.3 Å². The van der Waals surface area contributed by atoms with Gasteiger partial charge in [0.05, 0.1) is 5.69 Å². The molecule has 0 atom stereocenters. The summed E-state index contributed by atoms with van der Waals surface area (Å²) in [7, 11) is 0. The average molecular weight is 364 g/mol. The van der Waals surface area contributed by atoms with Crippen LogP contribution in [0.1, 0.15) is 50.2 Å². The normalized spacial score (nSPS) is 11.8. The molecule has 132 valence electrons. The molecule has 3 aromatic heterocycles. The van der Waals surface area contributed by atoms with Gasteiger partial charge in [0.2, 0.25) is 0 Å². The van der Waals surface area contributed by atoms with Gasteiger partial charge in [0.15, 0.2) is 5.82 Å². The van der Waals surface area contributed by atoms with Gasteiger partial charge in [0.25, 0.3) is 5.95 Å². The molecule has 3 heterocycles. The molecule has 0 N–H and O–H groups in total. The van der Waals surface area contributed by atoms with E-state index in [9.17, 15) is 0 Å². The fourth-order valence-corrected chi connectivity index (χ4v) is 3.70. The predicted octanol–water partition coefficient (Wildman–Crippen LogP) is 4.58. The van der Waals surface area contributed by atoms with Gasteiger partial charge in [-0.3, -0.25) is 0 Å². The van der Waals surface area contributed by atoms with Crippen molar-refractivity contribution >= 4 is 21.4 Å². The van der Waals surface area contributed by atoms with Crippen LogP contribution >= 0.6 is 11.3 Å². The number of thiophene rings is 1. The van der Waals surface area contributed by atoms with Gasteiger partial charge in [0.1, 0.15) is 0 Å². The second kappa shape index (κ2) is 6.57. The maximum atomic E-state index is 4.62. The number of benzene rings is 1. The highest BCUT2D eigenvalue weighted by Crippen LogP contribution is 2.33. The Morgan fingerprint density at radius 1 is 1.00 bits per heavy atom. The van der Waals surface area contributed by atoms with Crippen LogP contribution in [0.25, 0.3) is 27.3 Å². The van der Waals surface area contributed by atoms with Crippen LogP contribution in [0, 0.1) is 0 Å². The molecule has 0 saturated carbocycles. The maximum Gasteiger partial charge on any atom is 0.271 e. The van der Waals surface area contributed by atoms with Crippen molar-refractivity contribution in [3.05, 3.63) is 47.2 Å². The Hall–Kier alpha value is -2.67. The third kappa shape index (κ3) is 3.10. The lowest BCUT2D eigenvalue weighted by atomic mass is 10.1. The Labute approximate surface area is 155 Å². The standard InChI is InChI=1S/C19H20N6S/c1-11(2)17-10-14-9-13(5-6-16(14)26-17)15-7-8-20-19(21-15)25-23-18(12(3)4)22-24-25/h5-12H,1-4H3. The van der Waals surface area contributed by atoms with Crippen molar-refractivity contribution in [3.8, 4) is 17.2 Å². The number of nitrogens with zero attached hydrogens (tertiary/aromatic N) is 6. The van der Waals surface area contributed by atoms with Gasteiger partial charge in [-0.2, -0.15) is 0 Å². The highest BCUT2D eigenvalue weighted by Gasteiger charge is 2.12. The molecule has 4 aromatic rings. The third-order valence-corrected chi connectivity index (χ3v) is 5.58. The Morgan fingerprint density at radius 3 is 2.58 bits per heavy atom. The first-order valence-corrected chi connectivity index (χ1v) is 9.50. The highest BCUT2D eigenvalue weighted by molar-refractivity contribution is 7.19. The molecule has 0 aliphatic heterocycles. The van der Waals surface area contributed by atoms with Crippen molar-refractivity contribution in [2.45, 2.75) is 39.5 Å². The van der Waals surface area contributed by atoms with Crippen LogP contribution in [-0.2, 0) is 0 Å². The molecule has 7 heteroatoms. The number of fused-ring (bicyclic) bond motifs is 1. The molecule has 0 saturated heterocycles. The topological polar surface area (TPSA) is 69.4 Å². The van der Waals surface area contributed by atoms with Crippen LogP contribution in [0.4, 0.5) is 0 Å². The molecule has 0 fully saturated rings. The summed E-state index contributed by atoms with van der Waals surface area (Å²) in [4.78, 5) is 11.7. The second-order valence-corrected chi connectivity index (χ2v) is 8.01. The van der Waals surface area contributed by atoms with E-state index in [0.29, 0.717) is 17.7 Å². The molecule has 0 amide bonds. The summed E-state index contributed by atoms with van der Waals surface area (Å²) in [6, 6.07) is 10.6. The Kier molecular flexibility index (Phi) is 4.24. The van der Waals surface area contributed by atoms with E-state index in [4.69, 9.17) is 0 Å². The van der Waals surface area contributed by atoms with Crippen LogP contribution in [0.15, 0.2) is 36.5 Å². The van der Waals surface area contributed by atoms with E-state index in [-0.39, 0.29) is 5.92 Å². The number of rotatable bonds is 4. The summed E-state index contributed by atoms with van der Waals surface area (Å²) in [5, 5.41) is 13.7. The summed E-state index contributed by atoms with van der Waals surface area (Å²) in [5.41, 5.74) is 1.90. The van der Waals surface area contributed by atoms with Gasteiger partial charge in [-0.25, -0.2) is 9.97 Å². The van der Waals surface area contributed by atoms with E-state index in [2.05, 4.69) is 63.5 Å². The van der Waals surface area contributed by atoms with Crippen molar-refractivity contribution < 1.29 is 0 Å². The van der Waals surface area contributed by atoms with Gasteiger partial charge in [-0.1, -0.05) is 38.6 Å². The van der Waals surface area contributed by atoms with Gasteiger partial charge in [-0.05, 0) is 40.8 Å². The fraction of sp³-hybridized carbons (Fsp3) is 0.316. The zero-order valence-corrected chi connectivity index (χ0v) is 16.0. The third-order valence-electron chi connectivity index (χ3n) is 4.17. The van der Waals surface area contributed by atoms with Gasteiger partial charge in [-0.15, -0.1) is 21.5 Å². The van der Waals surface area contributed by atoms with Crippen molar-refractivity contribution in [1.29, 1.82) is 0 Å². The molecule has 0 unspecified atom stereocenters. The molecule has 0 aliphatic carbocycles. The van der Waals surface area contributed by atoms with E-state index >= 15 is 0 Å². The molecular weight excluding hydrogens is 344 g/mol. The molecule has 26 heavy (non-hydrogen) atoms. The van der Waals surface area contributed by atoms with Crippen LogP contribution in [0.3, 0.4) is 0 Å². The molecule has 4 rings (SSSR count). The first-order chi connectivity index (χ1) is 12.5. The molecule has 0 aliphatic rings. The minimum absolute atomic E-state index is 0.211. The quantitative estimate of drug-likeness (QED) is 0.530. The first-order valence-electron chi connectivity index (χ1n) is 8.68. The van der Waals surface area contributed by atoms with Crippen LogP contribution in [-0.4, -0.2) is 30.2 Å². The summed E-state index contributed by atoms with van der Waals surface area (Å²) in [6.07, 6.45) is 1.73. The summed E-state index contributed by atoms with van der Waals surface area (Å²) in [5.74, 6) is 1.85. The van der Waals surface area contributed by atoms with E-state index in [0.717, 1.165) is 11.3 Å². The van der Waals surface area contributed by atoms with Gasteiger partial charge < -0.3 is 0 Å². The zero-order valence-electron chi connectivity index (χ0n) is 15.2. The smallest absolute Gasteiger partial charge is 0.218 e. The van der Waals surface area contributed by atoms with Crippen LogP contribution < -0.4 is 0 Å².